The van der Waals surface area contributed by atoms with Crippen LogP contribution >= 0.6 is 0 Å². The number of ether oxygens (including phenoxy) is 1. The van der Waals surface area contributed by atoms with Crippen molar-refractivity contribution in [3.8, 4) is 0 Å². The number of hydrogen-bond donors (Lipinski definition) is 1. The van der Waals surface area contributed by atoms with Crippen LogP contribution in [0.5, 0.6) is 0 Å². The number of imidazole rings is 1. The molecule has 1 fully saturated rings. The van der Waals surface area contributed by atoms with Crippen LogP contribution in [-0.4, -0.2) is 28.8 Å². The van der Waals surface area contributed by atoms with Crippen LogP contribution in [0, 0.1) is 5.92 Å². The molecule has 0 saturated heterocycles. The summed E-state index contributed by atoms with van der Waals surface area (Å²) in [5.41, 5.74) is 2.78. The van der Waals surface area contributed by atoms with Gasteiger partial charge in [-0.25, -0.2) is 4.98 Å². The summed E-state index contributed by atoms with van der Waals surface area (Å²) in [5, 5.41) is 3.43. The Bertz CT molecular complexity index is 469. The van der Waals surface area contributed by atoms with E-state index in [1.807, 2.05) is 7.11 Å². The second-order valence-electron chi connectivity index (χ2n) is 6.77. The minimum absolute atomic E-state index is 0.0745. The monoisotopic (exact) mass is 277 g/mol. The molecular formula is C16H27N3O. The summed E-state index contributed by atoms with van der Waals surface area (Å²) in [6, 6.07) is 0. The maximum Gasteiger partial charge on any atom is 0.109 e. The highest BCUT2D eigenvalue weighted by molar-refractivity contribution is 5.21. The first-order chi connectivity index (χ1) is 9.63. The van der Waals surface area contributed by atoms with Gasteiger partial charge in [0, 0.05) is 38.7 Å². The maximum absolute atomic E-state index is 5.83. The average Bonchev–Trinajstić information content (AvgIpc) is 2.70. The molecule has 1 N–H and O–H groups in total. The van der Waals surface area contributed by atoms with Gasteiger partial charge in [0.2, 0.25) is 0 Å². The van der Waals surface area contributed by atoms with Gasteiger partial charge in [-0.15, -0.1) is 0 Å². The molecular weight excluding hydrogens is 250 g/mol. The van der Waals surface area contributed by atoms with Gasteiger partial charge in [0.05, 0.1) is 17.8 Å². The number of nitrogens with one attached hydrogen (secondary N) is 1. The highest BCUT2D eigenvalue weighted by Gasteiger charge is 2.39. The van der Waals surface area contributed by atoms with Crippen LogP contribution in [0.25, 0.3) is 0 Å². The molecule has 0 aromatic carbocycles. The lowest BCUT2D eigenvalue weighted by molar-refractivity contribution is -0.0844. The lowest BCUT2D eigenvalue weighted by Gasteiger charge is -2.41. The summed E-state index contributed by atoms with van der Waals surface area (Å²) < 4.78 is 8.32. The average molecular weight is 277 g/mol. The van der Waals surface area contributed by atoms with Crippen molar-refractivity contribution in [3.63, 3.8) is 0 Å². The van der Waals surface area contributed by atoms with Crippen LogP contribution in [0.15, 0.2) is 0 Å². The first kappa shape index (κ1) is 14.1. The minimum atomic E-state index is 0.0745. The Kier molecular flexibility index (Phi) is 3.87. The third-order valence-electron chi connectivity index (χ3n) is 4.80. The largest absolute Gasteiger partial charge is 0.376 e. The Labute approximate surface area is 121 Å². The molecule has 1 saturated carbocycles. The molecule has 0 bridgehead atoms. The van der Waals surface area contributed by atoms with E-state index in [1.165, 1.54) is 36.5 Å². The van der Waals surface area contributed by atoms with Gasteiger partial charge in [-0.1, -0.05) is 13.8 Å². The van der Waals surface area contributed by atoms with Gasteiger partial charge in [-0.05, 0) is 25.2 Å². The molecule has 1 aliphatic heterocycles. The number of methoxy groups -OCH3 is 1. The molecule has 0 unspecified atom stereocenters. The summed E-state index contributed by atoms with van der Waals surface area (Å²) in [4.78, 5) is 4.91. The van der Waals surface area contributed by atoms with E-state index in [2.05, 4.69) is 23.7 Å². The lowest BCUT2D eigenvalue weighted by atomic mass is 9.79. The van der Waals surface area contributed by atoms with Crippen LogP contribution in [-0.2, 0) is 30.7 Å². The van der Waals surface area contributed by atoms with Crippen LogP contribution < -0.4 is 5.32 Å². The van der Waals surface area contributed by atoms with Crippen molar-refractivity contribution in [3.05, 3.63) is 17.2 Å². The third kappa shape index (κ3) is 2.51. The molecule has 0 radical (unpaired) electrons. The zero-order valence-corrected chi connectivity index (χ0v) is 13.0. The second-order valence-corrected chi connectivity index (χ2v) is 6.77. The summed E-state index contributed by atoms with van der Waals surface area (Å²) in [6.07, 6.45) is 5.84. The molecule has 1 aromatic rings. The number of aromatic nitrogens is 2. The minimum Gasteiger partial charge on any atom is -0.376 e. The van der Waals surface area contributed by atoms with Gasteiger partial charge in [-0.2, -0.15) is 0 Å². The zero-order chi connectivity index (χ0) is 14.2. The predicted molar refractivity (Wildman–Crippen MR) is 79.8 cm³/mol. The van der Waals surface area contributed by atoms with Crippen LogP contribution in [0.1, 0.15) is 50.3 Å². The standard InChI is InChI=1S/C16H27N3O/c1-12(2)9-15-18-13-10-17-8-5-14(13)19(15)11-16(20-3)6-4-7-16/h12,17H,4-11H2,1-3H3. The third-order valence-corrected chi connectivity index (χ3v) is 4.80. The van der Waals surface area contributed by atoms with Gasteiger partial charge >= 0.3 is 0 Å². The van der Waals surface area contributed by atoms with E-state index >= 15 is 0 Å². The molecule has 20 heavy (non-hydrogen) atoms. The zero-order valence-electron chi connectivity index (χ0n) is 13.0. The van der Waals surface area contributed by atoms with Crippen molar-refractivity contribution in [1.82, 2.24) is 14.9 Å². The van der Waals surface area contributed by atoms with Gasteiger partial charge in [0.15, 0.2) is 0 Å². The van der Waals surface area contributed by atoms with Crippen molar-refractivity contribution in [2.45, 2.75) is 64.6 Å². The van der Waals surface area contributed by atoms with E-state index < -0.39 is 0 Å². The van der Waals surface area contributed by atoms with E-state index in [0.29, 0.717) is 5.92 Å². The van der Waals surface area contributed by atoms with Crippen LogP contribution in [0.2, 0.25) is 0 Å². The molecule has 0 spiro atoms. The van der Waals surface area contributed by atoms with Crippen LogP contribution in [0.4, 0.5) is 0 Å². The Morgan fingerprint density at radius 2 is 2.20 bits per heavy atom. The van der Waals surface area contributed by atoms with Crippen molar-refractivity contribution < 1.29 is 4.74 Å². The maximum atomic E-state index is 5.83. The fraction of sp³-hybridized carbons (Fsp3) is 0.812. The van der Waals surface area contributed by atoms with E-state index in [9.17, 15) is 0 Å². The summed E-state index contributed by atoms with van der Waals surface area (Å²) >= 11 is 0. The Hall–Kier alpha value is -0.870. The molecule has 112 valence electrons. The van der Waals surface area contributed by atoms with Gasteiger partial charge in [0.1, 0.15) is 5.82 Å². The quantitative estimate of drug-likeness (QED) is 0.897. The Balaban J connectivity index is 1.91. The van der Waals surface area contributed by atoms with E-state index in [0.717, 1.165) is 32.5 Å². The van der Waals surface area contributed by atoms with E-state index in [-0.39, 0.29) is 5.60 Å². The molecule has 4 heteroatoms. The molecule has 1 aliphatic carbocycles. The SMILES string of the molecule is COC1(Cn2c(CC(C)C)nc3c2CCNC3)CCC1. The Morgan fingerprint density at radius 1 is 1.40 bits per heavy atom. The smallest absolute Gasteiger partial charge is 0.109 e. The van der Waals surface area contributed by atoms with Crippen molar-refractivity contribution in [1.29, 1.82) is 0 Å². The first-order valence-electron chi connectivity index (χ1n) is 7.96. The molecule has 0 amide bonds. The van der Waals surface area contributed by atoms with Gasteiger partial charge in [0.25, 0.3) is 0 Å². The van der Waals surface area contributed by atoms with Crippen molar-refractivity contribution >= 4 is 0 Å². The molecule has 2 aliphatic rings. The predicted octanol–water partition coefficient (Wildman–Crippen LogP) is 2.30. The summed E-state index contributed by atoms with van der Waals surface area (Å²) in [7, 11) is 1.87. The lowest BCUT2D eigenvalue weighted by Crippen LogP contribution is -2.44. The summed E-state index contributed by atoms with van der Waals surface area (Å²) in [6.45, 7) is 7.53. The number of fused-ring (bicyclic) bond motifs is 1. The van der Waals surface area contributed by atoms with E-state index in [1.54, 1.807) is 0 Å². The molecule has 4 nitrogen and oxygen atoms in total. The highest BCUT2D eigenvalue weighted by Crippen LogP contribution is 2.37. The van der Waals surface area contributed by atoms with Gasteiger partial charge < -0.3 is 14.6 Å². The fourth-order valence-corrected chi connectivity index (χ4v) is 3.42. The van der Waals surface area contributed by atoms with Crippen LogP contribution in [0.3, 0.4) is 0 Å². The second kappa shape index (κ2) is 5.49. The number of rotatable bonds is 5. The first-order valence-corrected chi connectivity index (χ1v) is 7.96. The molecule has 0 atom stereocenters. The number of nitrogens with zero attached hydrogens (tertiary/aromatic N) is 2. The van der Waals surface area contributed by atoms with Crippen molar-refractivity contribution in [2.75, 3.05) is 13.7 Å². The molecule has 1 aromatic heterocycles. The molecule has 2 heterocycles. The highest BCUT2D eigenvalue weighted by atomic mass is 16.5. The van der Waals surface area contributed by atoms with Gasteiger partial charge in [-0.3, -0.25) is 0 Å². The fourth-order valence-electron chi connectivity index (χ4n) is 3.42. The number of hydrogen-bond acceptors (Lipinski definition) is 3. The molecule has 3 rings (SSSR count). The Morgan fingerprint density at radius 3 is 2.80 bits per heavy atom. The normalized spacial score (nSPS) is 20.8. The topological polar surface area (TPSA) is 39.1 Å². The summed E-state index contributed by atoms with van der Waals surface area (Å²) in [5.74, 6) is 1.91. The van der Waals surface area contributed by atoms with Crippen molar-refractivity contribution in [2.24, 2.45) is 5.92 Å². The van der Waals surface area contributed by atoms with E-state index in [4.69, 9.17) is 9.72 Å².